The van der Waals surface area contributed by atoms with Crippen molar-refractivity contribution in [3.8, 4) is 0 Å². The van der Waals surface area contributed by atoms with Crippen molar-refractivity contribution in [1.82, 2.24) is 15.0 Å². The van der Waals surface area contributed by atoms with Gasteiger partial charge in [0, 0.05) is 23.2 Å². The van der Waals surface area contributed by atoms with Crippen LogP contribution in [-0.2, 0) is 0 Å². The van der Waals surface area contributed by atoms with Crippen molar-refractivity contribution in [2.75, 3.05) is 11.9 Å². The van der Waals surface area contributed by atoms with Crippen LogP contribution in [0.15, 0.2) is 14.7 Å². The maximum absolute atomic E-state index is 4.50. The first kappa shape index (κ1) is 13.3. The van der Waals surface area contributed by atoms with Crippen LogP contribution in [0.1, 0.15) is 24.0 Å². The van der Waals surface area contributed by atoms with Crippen LogP contribution in [0.2, 0.25) is 0 Å². The zero-order valence-corrected chi connectivity index (χ0v) is 12.6. The minimum atomic E-state index is 0.785. The van der Waals surface area contributed by atoms with E-state index in [0.29, 0.717) is 0 Å². The van der Waals surface area contributed by atoms with E-state index in [0.717, 1.165) is 38.8 Å². The summed E-state index contributed by atoms with van der Waals surface area (Å²) in [5, 5.41) is 6.30. The Labute approximate surface area is 115 Å². The molecule has 0 bridgehead atoms. The van der Waals surface area contributed by atoms with Gasteiger partial charge in [0.15, 0.2) is 4.34 Å². The molecule has 0 saturated carbocycles. The number of nitrogens with zero attached hydrogens (tertiary/aromatic N) is 3. The minimum absolute atomic E-state index is 0.785. The molecule has 0 unspecified atom stereocenters. The molecular formula is C12H16N4S2. The van der Waals surface area contributed by atoms with Crippen LogP contribution in [-0.4, -0.2) is 21.5 Å². The first-order valence-corrected chi connectivity index (χ1v) is 7.49. The lowest BCUT2D eigenvalue weighted by molar-refractivity contribution is 0.931. The second-order valence-corrected chi connectivity index (χ2v) is 6.03. The summed E-state index contributed by atoms with van der Waals surface area (Å²) < 4.78 is 1.02. The first-order chi connectivity index (χ1) is 8.60. The molecule has 2 heterocycles. The highest BCUT2D eigenvalue weighted by atomic mass is 32.2. The molecule has 2 rings (SSSR count). The van der Waals surface area contributed by atoms with Gasteiger partial charge in [0.25, 0.3) is 0 Å². The monoisotopic (exact) mass is 280 g/mol. The van der Waals surface area contributed by atoms with Gasteiger partial charge < -0.3 is 5.32 Å². The Morgan fingerprint density at radius 2 is 2.00 bits per heavy atom. The van der Waals surface area contributed by atoms with E-state index in [2.05, 4.69) is 32.6 Å². The standard InChI is InChI=1S/C12H16N4S2/c1-5-13-10-8(3)11(16-9(4)15-10)18-12-14-7(2)6-17-12/h6H,5H2,1-4H3,(H,13,15,16). The number of rotatable bonds is 4. The molecule has 0 fully saturated rings. The van der Waals surface area contributed by atoms with Gasteiger partial charge >= 0.3 is 0 Å². The summed E-state index contributed by atoms with van der Waals surface area (Å²) in [6.45, 7) is 8.88. The molecule has 0 amide bonds. The van der Waals surface area contributed by atoms with Gasteiger partial charge in [-0.1, -0.05) is 0 Å². The van der Waals surface area contributed by atoms with E-state index in [1.54, 1.807) is 23.1 Å². The number of thiazole rings is 1. The van der Waals surface area contributed by atoms with Gasteiger partial charge in [-0.3, -0.25) is 0 Å². The van der Waals surface area contributed by atoms with Crippen molar-refractivity contribution >= 4 is 28.9 Å². The van der Waals surface area contributed by atoms with E-state index in [4.69, 9.17) is 0 Å². The molecule has 0 spiro atoms. The summed E-state index contributed by atoms with van der Waals surface area (Å²) in [5.41, 5.74) is 2.14. The Hall–Kier alpha value is -1.14. The normalized spacial score (nSPS) is 10.7. The third-order valence-electron chi connectivity index (χ3n) is 2.34. The van der Waals surface area contributed by atoms with Gasteiger partial charge in [-0.15, -0.1) is 11.3 Å². The van der Waals surface area contributed by atoms with Crippen molar-refractivity contribution in [2.45, 2.75) is 37.1 Å². The molecule has 0 aromatic carbocycles. The molecule has 0 atom stereocenters. The fraction of sp³-hybridized carbons (Fsp3) is 0.417. The van der Waals surface area contributed by atoms with Gasteiger partial charge in [0.1, 0.15) is 16.7 Å². The second kappa shape index (κ2) is 5.67. The second-order valence-electron chi connectivity index (χ2n) is 3.94. The van der Waals surface area contributed by atoms with Crippen LogP contribution in [0.5, 0.6) is 0 Å². The van der Waals surface area contributed by atoms with E-state index in [1.807, 2.05) is 20.8 Å². The number of nitrogens with one attached hydrogen (secondary N) is 1. The Morgan fingerprint density at radius 1 is 1.22 bits per heavy atom. The molecule has 4 nitrogen and oxygen atoms in total. The van der Waals surface area contributed by atoms with Crippen LogP contribution in [0.4, 0.5) is 5.82 Å². The molecule has 6 heteroatoms. The number of hydrogen-bond donors (Lipinski definition) is 1. The highest BCUT2D eigenvalue weighted by molar-refractivity contribution is 8.01. The van der Waals surface area contributed by atoms with Crippen molar-refractivity contribution in [3.05, 3.63) is 22.5 Å². The average Bonchev–Trinajstić information content (AvgIpc) is 2.71. The Kier molecular flexibility index (Phi) is 4.19. The van der Waals surface area contributed by atoms with Crippen molar-refractivity contribution in [1.29, 1.82) is 0 Å². The maximum Gasteiger partial charge on any atom is 0.156 e. The van der Waals surface area contributed by atoms with Gasteiger partial charge in [-0.25, -0.2) is 15.0 Å². The smallest absolute Gasteiger partial charge is 0.156 e. The SMILES string of the molecule is CCNc1nc(C)nc(Sc2nc(C)cs2)c1C. The molecule has 0 radical (unpaired) electrons. The molecule has 0 aliphatic carbocycles. The van der Waals surface area contributed by atoms with Crippen LogP contribution < -0.4 is 5.32 Å². The molecule has 18 heavy (non-hydrogen) atoms. The lowest BCUT2D eigenvalue weighted by Gasteiger charge is -2.10. The molecule has 1 N–H and O–H groups in total. The van der Waals surface area contributed by atoms with E-state index in [1.165, 1.54) is 0 Å². The van der Waals surface area contributed by atoms with Crippen LogP contribution in [0, 0.1) is 20.8 Å². The van der Waals surface area contributed by atoms with E-state index in [9.17, 15) is 0 Å². The summed E-state index contributed by atoms with van der Waals surface area (Å²) in [4.78, 5) is 13.4. The predicted molar refractivity (Wildman–Crippen MR) is 76.6 cm³/mol. The highest BCUT2D eigenvalue weighted by Crippen LogP contribution is 2.33. The zero-order chi connectivity index (χ0) is 13.1. The van der Waals surface area contributed by atoms with Crippen LogP contribution in [0.25, 0.3) is 0 Å². The summed E-state index contributed by atoms with van der Waals surface area (Å²) in [7, 11) is 0. The van der Waals surface area contributed by atoms with Crippen LogP contribution in [0.3, 0.4) is 0 Å². The predicted octanol–water partition coefficient (Wildman–Crippen LogP) is 3.44. The van der Waals surface area contributed by atoms with Crippen LogP contribution >= 0.6 is 23.1 Å². The first-order valence-electron chi connectivity index (χ1n) is 5.79. The number of aryl methyl sites for hydroxylation is 2. The average molecular weight is 280 g/mol. The number of hydrogen-bond acceptors (Lipinski definition) is 6. The van der Waals surface area contributed by atoms with E-state index in [-0.39, 0.29) is 0 Å². The maximum atomic E-state index is 4.50. The number of aromatic nitrogens is 3. The quantitative estimate of drug-likeness (QED) is 0.869. The molecule has 0 saturated heterocycles. The van der Waals surface area contributed by atoms with Gasteiger partial charge in [0.05, 0.1) is 0 Å². The molecule has 0 aliphatic rings. The Bertz CT molecular complexity index is 551. The molecule has 2 aromatic heterocycles. The van der Waals surface area contributed by atoms with Gasteiger partial charge in [0.2, 0.25) is 0 Å². The topological polar surface area (TPSA) is 50.7 Å². The summed E-state index contributed by atoms with van der Waals surface area (Å²) in [6, 6.07) is 0. The van der Waals surface area contributed by atoms with E-state index >= 15 is 0 Å². The summed E-state index contributed by atoms with van der Waals surface area (Å²) >= 11 is 3.25. The van der Waals surface area contributed by atoms with Crippen molar-refractivity contribution in [3.63, 3.8) is 0 Å². The lowest BCUT2D eigenvalue weighted by atomic mass is 10.3. The highest BCUT2D eigenvalue weighted by Gasteiger charge is 2.11. The molecule has 2 aromatic rings. The summed E-state index contributed by atoms with van der Waals surface area (Å²) in [5.74, 6) is 1.70. The molecular weight excluding hydrogens is 264 g/mol. The van der Waals surface area contributed by atoms with Gasteiger partial charge in [-0.2, -0.15) is 0 Å². The lowest BCUT2D eigenvalue weighted by Crippen LogP contribution is -2.05. The Balaban J connectivity index is 2.32. The third kappa shape index (κ3) is 3.00. The van der Waals surface area contributed by atoms with Gasteiger partial charge in [-0.05, 0) is 39.5 Å². The van der Waals surface area contributed by atoms with E-state index < -0.39 is 0 Å². The zero-order valence-electron chi connectivity index (χ0n) is 10.9. The Morgan fingerprint density at radius 3 is 2.61 bits per heavy atom. The third-order valence-corrected chi connectivity index (χ3v) is 4.49. The fourth-order valence-corrected chi connectivity index (χ4v) is 3.38. The van der Waals surface area contributed by atoms with Crippen molar-refractivity contribution in [2.24, 2.45) is 0 Å². The number of anilines is 1. The minimum Gasteiger partial charge on any atom is -0.370 e. The molecule has 96 valence electrons. The summed E-state index contributed by atoms with van der Waals surface area (Å²) in [6.07, 6.45) is 0. The fourth-order valence-electron chi connectivity index (χ4n) is 1.50. The molecule has 0 aliphatic heterocycles. The van der Waals surface area contributed by atoms with Crippen molar-refractivity contribution < 1.29 is 0 Å². The largest absolute Gasteiger partial charge is 0.370 e.